The number of hydrogen-bond donors (Lipinski definition) is 0. The van der Waals surface area contributed by atoms with Gasteiger partial charge in [0.05, 0.1) is 6.61 Å². The van der Waals surface area contributed by atoms with E-state index >= 15 is 0 Å². The maximum atomic E-state index is 5.42. The third-order valence-electron chi connectivity index (χ3n) is 1.82. The molecule has 0 amide bonds. The van der Waals surface area contributed by atoms with Gasteiger partial charge in [0.1, 0.15) is 5.75 Å². The van der Waals surface area contributed by atoms with Crippen LogP contribution in [0.4, 0.5) is 0 Å². The molecule has 2 N–H and O–H groups in total. The van der Waals surface area contributed by atoms with Crippen LogP contribution < -0.4 is 34.3 Å². The average molecular weight is 176 g/mol. The van der Waals surface area contributed by atoms with Gasteiger partial charge in [-0.2, -0.15) is 0 Å². The predicted molar refractivity (Wildman–Crippen MR) is 45.0 cm³/mol. The molecule has 0 unspecified atom stereocenters. The van der Waals surface area contributed by atoms with E-state index in [0.29, 0.717) is 0 Å². The van der Waals surface area contributed by atoms with Crippen molar-refractivity contribution in [3.05, 3.63) is 29.8 Å². The van der Waals surface area contributed by atoms with Crippen molar-refractivity contribution in [2.24, 2.45) is 0 Å². The third kappa shape index (κ3) is 2.49. The maximum absolute atomic E-state index is 5.42. The average Bonchev–Trinajstić information content (AvgIpc) is 2.05. The molecule has 2 rings (SSSR count). The smallest absolute Gasteiger partial charge is 1.00 e. The molecular formula is C9H13NaO2. The Bertz CT molecular complexity index is 218. The van der Waals surface area contributed by atoms with Crippen LogP contribution in [0.5, 0.6) is 5.75 Å². The van der Waals surface area contributed by atoms with Crippen LogP contribution in [0, 0.1) is 0 Å². The first kappa shape index (κ1) is 12.0. The molecule has 1 aliphatic rings. The van der Waals surface area contributed by atoms with Crippen LogP contribution >= 0.6 is 0 Å². The van der Waals surface area contributed by atoms with E-state index in [1.807, 2.05) is 12.1 Å². The zero-order valence-electron chi connectivity index (χ0n) is 8.34. The molecule has 62 valence electrons. The largest absolute Gasteiger partial charge is 1.00 e. The molecule has 2 nitrogen and oxygen atoms in total. The van der Waals surface area contributed by atoms with Gasteiger partial charge in [0.15, 0.2) is 0 Å². The van der Waals surface area contributed by atoms with Gasteiger partial charge in [0, 0.05) is 0 Å². The molecule has 3 heteroatoms. The number of para-hydroxylation sites is 1. The van der Waals surface area contributed by atoms with Crippen molar-refractivity contribution in [3.8, 4) is 5.75 Å². The number of hydrogen-bond acceptors (Lipinski definition) is 1. The van der Waals surface area contributed by atoms with Gasteiger partial charge in [-0.15, -0.1) is 0 Å². The van der Waals surface area contributed by atoms with Crippen LogP contribution in [0.1, 0.15) is 13.4 Å². The van der Waals surface area contributed by atoms with Gasteiger partial charge >= 0.3 is 29.6 Å². The number of aryl methyl sites for hydroxylation is 1. The zero-order valence-corrected chi connectivity index (χ0v) is 9.34. The molecule has 0 saturated carbocycles. The first-order chi connectivity index (χ1) is 4.97. The minimum absolute atomic E-state index is 0. The Labute approximate surface area is 96.0 Å². The summed E-state index contributed by atoms with van der Waals surface area (Å²) in [5.74, 6) is 1.08. The summed E-state index contributed by atoms with van der Waals surface area (Å²) in [6, 6.07) is 8.25. The van der Waals surface area contributed by atoms with Crippen LogP contribution in [-0.4, -0.2) is 12.1 Å². The molecule has 1 aromatic rings. The topological polar surface area (TPSA) is 40.7 Å². The quantitative estimate of drug-likeness (QED) is 0.434. The predicted octanol–water partition coefficient (Wildman–Crippen LogP) is -1.70. The first-order valence-electron chi connectivity index (χ1n) is 3.67. The molecule has 1 aliphatic heterocycles. The van der Waals surface area contributed by atoms with Crippen molar-refractivity contribution < 1.29 is 41.2 Å². The van der Waals surface area contributed by atoms with Gasteiger partial charge in [-0.3, -0.25) is 0 Å². The van der Waals surface area contributed by atoms with Crippen LogP contribution in [0.2, 0.25) is 0 Å². The fourth-order valence-corrected chi connectivity index (χ4v) is 1.30. The molecule has 0 saturated heterocycles. The Morgan fingerprint density at radius 3 is 2.75 bits per heavy atom. The van der Waals surface area contributed by atoms with Crippen LogP contribution in [0.25, 0.3) is 0 Å². The van der Waals surface area contributed by atoms with E-state index in [2.05, 4.69) is 12.1 Å². The Morgan fingerprint density at radius 2 is 2.00 bits per heavy atom. The van der Waals surface area contributed by atoms with Gasteiger partial charge in [-0.1, -0.05) is 18.2 Å². The summed E-state index contributed by atoms with van der Waals surface area (Å²) in [6.07, 6.45) is 2.34. The summed E-state index contributed by atoms with van der Waals surface area (Å²) >= 11 is 0. The van der Waals surface area contributed by atoms with E-state index in [9.17, 15) is 0 Å². The Balaban J connectivity index is 0. The van der Waals surface area contributed by atoms with Crippen LogP contribution in [-0.2, 0) is 6.42 Å². The fourth-order valence-electron chi connectivity index (χ4n) is 1.30. The zero-order chi connectivity index (χ0) is 6.81. The van der Waals surface area contributed by atoms with Gasteiger partial charge in [0.2, 0.25) is 0 Å². The summed E-state index contributed by atoms with van der Waals surface area (Å²) in [5.41, 5.74) is 1.36. The van der Waals surface area contributed by atoms with Crippen molar-refractivity contribution in [3.63, 3.8) is 0 Å². The van der Waals surface area contributed by atoms with E-state index < -0.39 is 0 Å². The van der Waals surface area contributed by atoms with Crippen molar-refractivity contribution in [1.29, 1.82) is 0 Å². The Morgan fingerprint density at radius 1 is 1.25 bits per heavy atom. The minimum Gasteiger partial charge on any atom is -1.00 e. The monoisotopic (exact) mass is 176 g/mol. The molecule has 0 fully saturated rings. The van der Waals surface area contributed by atoms with Crippen molar-refractivity contribution in [2.45, 2.75) is 12.8 Å². The molecule has 0 aromatic heterocycles. The number of rotatable bonds is 0. The molecule has 0 radical (unpaired) electrons. The molecule has 1 heterocycles. The maximum Gasteiger partial charge on any atom is 1.00 e. The second kappa shape index (κ2) is 5.60. The van der Waals surface area contributed by atoms with E-state index in [1.54, 1.807) is 0 Å². The Hall–Kier alpha value is -0.0200. The normalized spacial score (nSPS) is 13.0. The first-order valence-corrected chi connectivity index (χ1v) is 3.67. The molecule has 1 aromatic carbocycles. The summed E-state index contributed by atoms with van der Waals surface area (Å²) in [6.45, 7) is 0.886. The van der Waals surface area contributed by atoms with Gasteiger partial charge in [-0.05, 0) is 24.5 Å². The summed E-state index contributed by atoms with van der Waals surface area (Å²) < 4.78 is 5.42. The van der Waals surface area contributed by atoms with Crippen molar-refractivity contribution in [1.82, 2.24) is 0 Å². The second-order valence-corrected chi connectivity index (χ2v) is 2.56. The van der Waals surface area contributed by atoms with Crippen molar-refractivity contribution >= 4 is 0 Å². The molecule has 0 aliphatic carbocycles. The molecular weight excluding hydrogens is 163 g/mol. The van der Waals surface area contributed by atoms with E-state index in [1.165, 1.54) is 12.0 Å². The summed E-state index contributed by atoms with van der Waals surface area (Å²) in [4.78, 5) is 0. The SMILES string of the molecule is O.[H-].[Na+].c1ccc2c(c1)CCCO2. The van der Waals surface area contributed by atoms with E-state index in [-0.39, 0.29) is 36.5 Å². The van der Waals surface area contributed by atoms with Gasteiger partial charge in [-0.25, -0.2) is 0 Å². The van der Waals surface area contributed by atoms with Crippen LogP contribution in [0.15, 0.2) is 24.3 Å². The van der Waals surface area contributed by atoms with Gasteiger partial charge in [0.25, 0.3) is 0 Å². The third-order valence-corrected chi connectivity index (χ3v) is 1.82. The Kier molecular flexibility index (Phi) is 5.59. The summed E-state index contributed by atoms with van der Waals surface area (Å²) in [5, 5.41) is 0. The standard InChI is InChI=1S/C9H10O.Na.H2O.H/c1-2-6-9-8(4-1)5-3-7-10-9;;;/h1-2,4,6H,3,5,7H2;;1H2;/q;+1;;-1. The van der Waals surface area contributed by atoms with Crippen LogP contribution in [0.3, 0.4) is 0 Å². The van der Waals surface area contributed by atoms with E-state index in [0.717, 1.165) is 18.8 Å². The fraction of sp³-hybridized carbons (Fsp3) is 0.333. The number of benzene rings is 1. The second-order valence-electron chi connectivity index (χ2n) is 2.56. The molecule has 0 atom stereocenters. The number of ether oxygens (including phenoxy) is 1. The minimum atomic E-state index is 0. The van der Waals surface area contributed by atoms with E-state index in [4.69, 9.17) is 4.74 Å². The van der Waals surface area contributed by atoms with Crippen molar-refractivity contribution in [2.75, 3.05) is 6.61 Å². The summed E-state index contributed by atoms with van der Waals surface area (Å²) in [7, 11) is 0. The molecule has 12 heavy (non-hydrogen) atoms. The molecule has 0 bridgehead atoms. The molecule has 0 spiro atoms. The number of fused-ring (bicyclic) bond motifs is 1. The van der Waals surface area contributed by atoms with Gasteiger partial charge < -0.3 is 11.6 Å².